The molecule has 0 aliphatic heterocycles. The van der Waals surface area contributed by atoms with Gasteiger partial charge in [0.2, 0.25) is 0 Å². The summed E-state index contributed by atoms with van der Waals surface area (Å²) in [6, 6.07) is 18.6. The van der Waals surface area contributed by atoms with Crippen LogP contribution in [0.3, 0.4) is 0 Å². The fourth-order valence-electron chi connectivity index (χ4n) is 4.09. The molecule has 0 N–H and O–H groups in total. The van der Waals surface area contributed by atoms with Gasteiger partial charge < -0.3 is 4.57 Å². The van der Waals surface area contributed by atoms with Crippen LogP contribution >= 0.6 is 0 Å². The SMILES string of the molecule is CCn1c(CCC(=O)Cc2ccccc2)nnc1C1Cc2ccccc2C1. The van der Waals surface area contributed by atoms with Gasteiger partial charge in [-0.1, -0.05) is 54.6 Å². The average Bonchev–Trinajstić information content (AvgIpc) is 3.30. The van der Waals surface area contributed by atoms with Crippen molar-refractivity contribution < 1.29 is 4.79 Å². The third-order valence-electron chi connectivity index (χ3n) is 5.46. The van der Waals surface area contributed by atoms with Crippen LogP contribution in [0.5, 0.6) is 0 Å². The maximum atomic E-state index is 12.3. The summed E-state index contributed by atoms with van der Waals surface area (Å²) in [6.45, 7) is 2.97. The lowest BCUT2D eigenvalue weighted by Gasteiger charge is -2.12. The van der Waals surface area contributed by atoms with E-state index >= 15 is 0 Å². The summed E-state index contributed by atoms with van der Waals surface area (Å²) >= 11 is 0. The van der Waals surface area contributed by atoms with Gasteiger partial charge in [0.05, 0.1) is 0 Å². The summed E-state index contributed by atoms with van der Waals surface area (Å²) in [5, 5.41) is 8.95. The topological polar surface area (TPSA) is 47.8 Å². The molecule has 4 nitrogen and oxygen atoms in total. The molecular formula is C23H25N3O. The second-order valence-electron chi connectivity index (χ2n) is 7.29. The molecule has 1 aliphatic carbocycles. The van der Waals surface area contributed by atoms with Gasteiger partial charge in [0, 0.05) is 31.7 Å². The van der Waals surface area contributed by atoms with Gasteiger partial charge in [-0.3, -0.25) is 4.79 Å². The molecule has 0 unspecified atom stereocenters. The highest BCUT2D eigenvalue weighted by molar-refractivity contribution is 5.80. The summed E-state index contributed by atoms with van der Waals surface area (Å²) in [5.74, 6) is 2.65. The lowest BCUT2D eigenvalue weighted by atomic mass is 10.0. The van der Waals surface area contributed by atoms with Crippen molar-refractivity contribution in [3.05, 3.63) is 82.9 Å². The molecule has 3 aromatic rings. The Morgan fingerprint density at radius 1 is 1.00 bits per heavy atom. The minimum atomic E-state index is 0.252. The molecule has 0 amide bonds. The molecule has 0 atom stereocenters. The maximum Gasteiger partial charge on any atom is 0.137 e. The third-order valence-corrected chi connectivity index (χ3v) is 5.46. The summed E-state index contributed by atoms with van der Waals surface area (Å²) in [5.41, 5.74) is 3.92. The smallest absolute Gasteiger partial charge is 0.137 e. The number of fused-ring (bicyclic) bond motifs is 1. The lowest BCUT2D eigenvalue weighted by molar-refractivity contribution is -0.118. The van der Waals surface area contributed by atoms with Crippen LogP contribution in [0, 0.1) is 0 Å². The maximum absolute atomic E-state index is 12.3. The zero-order valence-corrected chi connectivity index (χ0v) is 15.8. The van der Waals surface area contributed by atoms with E-state index in [-0.39, 0.29) is 5.78 Å². The Morgan fingerprint density at radius 2 is 1.67 bits per heavy atom. The first kappa shape index (κ1) is 17.7. The van der Waals surface area contributed by atoms with E-state index in [2.05, 4.69) is 46.0 Å². The second-order valence-corrected chi connectivity index (χ2v) is 7.29. The first-order valence-electron chi connectivity index (χ1n) is 9.79. The Balaban J connectivity index is 1.42. The minimum Gasteiger partial charge on any atom is -0.315 e. The number of nitrogens with zero attached hydrogens (tertiary/aromatic N) is 3. The Bertz CT molecular complexity index is 905. The second kappa shape index (κ2) is 7.87. The van der Waals surface area contributed by atoms with Gasteiger partial charge in [-0.2, -0.15) is 0 Å². The molecule has 0 fully saturated rings. The standard InChI is InChI=1S/C23H25N3O/c1-2-26-22(13-12-21(27)14-17-8-4-3-5-9-17)24-25-23(26)20-15-18-10-6-7-11-19(18)16-20/h3-11,20H,2,12-16H2,1H3. The van der Waals surface area contributed by atoms with Crippen LogP contribution < -0.4 is 0 Å². The van der Waals surface area contributed by atoms with Gasteiger partial charge in [0.1, 0.15) is 17.4 Å². The molecular weight excluding hydrogens is 334 g/mol. The number of hydrogen-bond donors (Lipinski definition) is 0. The number of aryl methyl sites for hydroxylation is 1. The predicted octanol–water partition coefficient (Wildman–Crippen LogP) is 3.92. The molecule has 0 saturated carbocycles. The monoisotopic (exact) mass is 359 g/mol. The molecule has 0 radical (unpaired) electrons. The summed E-state index contributed by atoms with van der Waals surface area (Å²) in [6.07, 6.45) is 3.72. The van der Waals surface area contributed by atoms with E-state index in [1.165, 1.54) is 11.1 Å². The number of carbonyl (C=O) groups is 1. The average molecular weight is 359 g/mol. The molecule has 2 aromatic carbocycles. The molecule has 27 heavy (non-hydrogen) atoms. The molecule has 138 valence electrons. The highest BCUT2D eigenvalue weighted by Crippen LogP contribution is 2.33. The van der Waals surface area contributed by atoms with Crippen LogP contribution in [0.1, 0.15) is 47.6 Å². The molecule has 1 aliphatic rings. The highest BCUT2D eigenvalue weighted by atomic mass is 16.1. The van der Waals surface area contributed by atoms with Crippen LogP contribution in [-0.4, -0.2) is 20.5 Å². The molecule has 0 saturated heterocycles. The quantitative estimate of drug-likeness (QED) is 0.642. The van der Waals surface area contributed by atoms with Gasteiger partial charge in [-0.15, -0.1) is 10.2 Å². The fourth-order valence-corrected chi connectivity index (χ4v) is 4.09. The van der Waals surface area contributed by atoms with E-state index in [9.17, 15) is 4.79 Å². The number of rotatable bonds is 7. The van der Waals surface area contributed by atoms with Crippen LogP contribution in [0.4, 0.5) is 0 Å². The molecule has 0 spiro atoms. The molecule has 4 rings (SSSR count). The number of hydrogen-bond acceptors (Lipinski definition) is 3. The van der Waals surface area contributed by atoms with Gasteiger partial charge in [0.25, 0.3) is 0 Å². The zero-order valence-electron chi connectivity index (χ0n) is 15.8. The number of Topliss-reactive ketones (excluding diaryl/α,β-unsaturated/α-hetero) is 1. The number of aromatic nitrogens is 3. The van der Waals surface area contributed by atoms with Crippen molar-refractivity contribution >= 4 is 5.78 Å². The third kappa shape index (κ3) is 3.85. The van der Waals surface area contributed by atoms with Crippen molar-refractivity contribution in [1.29, 1.82) is 0 Å². The Morgan fingerprint density at radius 3 is 2.33 bits per heavy atom. The fraction of sp³-hybridized carbons (Fsp3) is 0.348. The Kier molecular flexibility index (Phi) is 5.14. The minimum absolute atomic E-state index is 0.252. The molecule has 1 heterocycles. The van der Waals surface area contributed by atoms with E-state index in [1.54, 1.807) is 0 Å². The lowest BCUT2D eigenvalue weighted by Crippen LogP contribution is -2.12. The van der Waals surface area contributed by atoms with Gasteiger partial charge >= 0.3 is 0 Å². The van der Waals surface area contributed by atoms with Crippen molar-refractivity contribution in [2.24, 2.45) is 0 Å². The van der Waals surface area contributed by atoms with Crippen LogP contribution in [-0.2, 0) is 37.0 Å². The summed E-state index contributed by atoms with van der Waals surface area (Å²) in [4.78, 5) is 12.3. The summed E-state index contributed by atoms with van der Waals surface area (Å²) in [7, 11) is 0. The van der Waals surface area contributed by atoms with Gasteiger partial charge in [0.15, 0.2) is 0 Å². The Hall–Kier alpha value is -2.75. The van der Waals surface area contributed by atoms with Crippen molar-refractivity contribution in [3.8, 4) is 0 Å². The van der Waals surface area contributed by atoms with Gasteiger partial charge in [-0.05, 0) is 36.5 Å². The van der Waals surface area contributed by atoms with E-state index in [4.69, 9.17) is 0 Å². The largest absolute Gasteiger partial charge is 0.315 e. The van der Waals surface area contributed by atoms with Crippen molar-refractivity contribution in [1.82, 2.24) is 14.8 Å². The van der Waals surface area contributed by atoms with E-state index < -0.39 is 0 Å². The molecule has 1 aromatic heterocycles. The van der Waals surface area contributed by atoms with Crippen LogP contribution in [0.15, 0.2) is 54.6 Å². The van der Waals surface area contributed by atoms with E-state index in [0.717, 1.165) is 36.6 Å². The van der Waals surface area contributed by atoms with Crippen LogP contribution in [0.25, 0.3) is 0 Å². The Labute approximate surface area is 160 Å². The van der Waals surface area contributed by atoms with Crippen LogP contribution in [0.2, 0.25) is 0 Å². The van der Waals surface area contributed by atoms with Crippen molar-refractivity contribution in [3.63, 3.8) is 0 Å². The first-order chi connectivity index (χ1) is 13.2. The first-order valence-corrected chi connectivity index (χ1v) is 9.79. The highest BCUT2D eigenvalue weighted by Gasteiger charge is 2.27. The normalized spacial score (nSPS) is 13.7. The van der Waals surface area contributed by atoms with Crippen molar-refractivity contribution in [2.75, 3.05) is 0 Å². The van der Waals surface area contributed by atoms with E-state index in [0.29, 0.717) is 25.2 Å². The number of carbonyl (C=O) groups excluding carboxylic acids is 1. The molecule has 4 heteroatoms. The summed E-state index contributed by atoms with van der Waals surface area (Å²) < 4.78 is 2.21. The molecule has 0 bridgehead atoms. The predicted molar refractivity (Wildman–Crippen MR) is 106 cm³/mol. The van der Waals surface area contributed by atoms with E-state index in [1.807, 2.05) is 30.3 Å². The number of ketones is 1. The van der Waals surface area contributed by atoms with Gasteiger partial charge in [-0.25, -0.2) is 0 Å². The zero-order chi connectivity index (χ0) is 18.6. The van der Waals surface area contributed by atoms with Crippen molar-refractivity contribution in [2.45, 2.75) is 51.5 Å². The number of benzene rings is 2.